The standard InChI is InChI=1S/C8H5BClN/c9-5-1-2-6-7(10)4-11-8(6)3-5/h1-4,11H. The average molecular weight is 161 g/mol. The van der Waals surface area contributed by atoms with Crippen molar-refractivity contribution >= 4 is 35.8 Å². The second-order valence-corrected chi connectivity index (χ2v) is 2.85. The molecule has 0 bridgehead atoms. The first-order valence-corrected chi connectivity index (χ1v) is 3.67. The summed E-state index contributed by atoms with van der Waals surface area (Å²) in [5, 5.41) is 1.75. The van der Waals surface area contributed by atoms with Crippen molar-refractivity contribution in [2.45, 2.75) is 0 Å². The van der Waals surface area contributed by atoms with Crippen LogP contribution in [0.4, 0.5) is 0 Å². The van der Waals surface area contributed by atoms with Crippen LogP contribution in [0.1, 0.15) is 0 Å². The third-order valence-electron chi connectivity index (χ3n) is 1.66. The molecule has 0 aliphatic carbocycles. The minimum absolute atomic E-state index is 0.736. The van der Waals surface area contributed by atoms with Crippen LogP contribution in [0.25, 0.3) is 10.9 Å². The minimum atomic E-state index is 0.736. The highest BCUT2D eigenvalue weighted by Gasteiger charge is 1.98. The summed E-state index contributed by atoms with van der Waals surface area (Å²) in [6.07, 6.45) is 1.76. The molecule has 52 valence electrons. The molecule has 0 atom stereocenters. The van der Waals surface area contributed by atoms with E-state index in [0.717, 1.165) is 21.4 Å². The van der Waals surface area contributed by atoms with E-state index in [1.165, 1.54) is 0 Å². The highest BCUT2D eigenvalue weighted by Crippen LogP contribution is 2.20. The number of fused-ring (bicyclic) bond motifs is 1. The van der Waals surface area contributed by atoms with Gasteiger partial charge in [0, 0.05) is 17.1 Å². The van der Waals surface area contributed by atoms with Crippen molar-refractivity contribution in [3.05, 3.63) is 29.4 Å². The molecule has 0 amide bonds. The van der Waals surface area contributed by atoms with Gasteiger partial charge < -0.3 is 4.98 Å². The number of benzene rings is 1. The fourth-order valence-electron chi connectivity index (χ4n) is 1.11. The van der Waals surface area contributed by atoms with E-state index in [1.807, 2.05) is 18.2 Å². The molecule has 1 heterocycles. The molecule has 1 aromatic carbocycles. The van der Waals surface area contributed by atoms with Crippen molar-refractivity contribution in [3.63, 3.8) is 0 Å². The quantitative estimate of drug-likeness (QED) is 0.565. The van der Waals surface area contributed by atoms with Crippen LogP contribution >= 0.6 is 11.6 Å². The van der Waals surface area contributed by atoms with E-state index < -0.39 is 0 Å². The van der Waals surface area contributed by atoms with Gasteiger partial charge in [0.1, 0.15) is 7.85 Å². The lowest BCUT2D eigenvalue weighted by atomic mass is 9.96. The van der Waals surface area contributed by atoms with E-state index in [1.54, 1.807) is 6.20 Å². The average Bonchev–Trinajstić information content (AvgIpc) is 2.32. The summed E-state index contributed by atoms with van der Waals surface area (Å²) >= 11 is 5.85. The number of aromatic nitrogens is 1. The highest BCUT2D eigenvalue weighted by molar-refractivity contribution is 6.37. The third-order valence-corrected chi connectivity index (χ3v) is 1.97. The Hall–Kier alpha value is -0.885. The largest absolute Gasteiger partial charge is 0.360 e. The molecule has 0 saturated heterocycles. The number of aromatic amines is 1. The molecule has 3 heteroatoms. The van der Waals surface area contributed by atoms with Gasteiger partial charge in [0.25, 0.3) is 0 Å². The Balaban J connectivity index is 2.86. The Morgan fingerprint density at radius 3 is 3.00 bits per heavy atom. The van der Waals surface area contributed by atoms with Gasteiger partial charge in [0.05, 0.1) is 5.02 Å². The van der Waals surface area contributed by atoms with E-state index in [4.69, 9.17) is 19.4 Å². The van der Waals surface area contributed by atoms with Gasteiger partial charge in [0.15, 0.2) is 0 Å². The molecule has 2 rings (SSSR count). The Morgan fingerprint density at radius 1 is 1.36 bits per heavy atom. The van der Waals surface area contributed by atoms with Crippen molar-refractivity contribution in [2.24, 2.45) is 0 Å². The van der Waals surface area contributed by atoms with Crippen molar-refractivity contribution in [1.82, 2.24) is 4.98 Å². The van der Waals surface area contributed by atoms with E-state index in [9.17, 15) is 0 Å². The predicted octanol–water partition coefficient (Wildman–Crippen LogP) is 1.62. The fourth-order valence-corrected chi connectivity index (χ4v) is 1.33. The maximum absolute atomic E-state index is 5.85. The molecule has 2 radical (unpaired) electrons. The lowest BCUT2D eigenvalue weighted by molar-refractivity contribution is 1.48. The van der Waals surface area contributed by atoms with Crippen LogP contribution in [0.2, 0.25) is 5.02 Å². The Labute approximate surface area is 70.8 Å². The Kier molecular flexibility index (Phi) is 1.43. The van der Waals surface area contributed by atoms with Gasteiger partial charge in [-0.2, -0.15) is 0 Å². The zero-order valence-corrected chi connectivity index (χ0v) is 6.52. The summed E-state index contributed by atoms with van der Waals surface area (Å²) in [7, 11) is 5.57. The van der Waals surface area contributed by atoms with Crippen LogP contribution in [0.5, 0.6) is 0 Å². The molecule has 0 aliphatic heterocycles. The molecular formula is C8H5BClN. The number of H-pyrrole nitrogens is 1. The van der Waals surface area contributed by atoms with E-state index >= 15 is 0 Å². The number of nitrogens with one attached hydrogen (secondary N) is 1. The van der Waals surface area contributed by atoms with Crippen LogP contribution in [0.15, 0.2) is 24.4 Å². The maximum Gasteiger partial charge on any atom is 0.113 e. The van der Waals surface area contributed by atoms with Crippen LogP contribution in [-0.4, -0.2) is 12.8 Å². The van der Waals surface area contributed by atoms with Crippen LogP contribution in [0, 0.1) is 0 Å². The summed E-state index contributed by atoms with van der Waals surface area (Å²) < 4.78 is 0. The van der Waals surface area contributed by atoms with Gasteiger partial charge in [-0.3, -0.25) is 0 Å². The second kappa shape index (κ2) is 2.31. The van der Waals surface area contributed by atoms with Gasteiger partial charge in [-0.05, 0) is 6.07 Å². The van der Waals surface area contributed by atoms with Crippen molar-refractivity contribution in [1.29, 1.82) is 0 Å². The zero-order chi connectivity index (χ0) is 7.84. The third kappa shape index (κ3) is 1.03. The summed E-state index contributed by atoms with van der Waals surface area (Å²) in [5.74, 6) is 0. The molecule has 0 unspecified atom stereocenters. The molecular weight excluding hydrogens is 156 g/mol. The number of halogens is 1. The molecule has 1 aromatic heterocycles. The lowest BCUT2D eigenvalue weighted by Gasteiger charge is -1.92. The monoisotopic (exact) mass is 161 g/mol. The molecule has 1 nitrogen and oxygen atoms in total. The first kappa shape index (κ1) is 6.80. The Bertz CT molecular complexity index is 394. The summed E-state index contributed by atoms with van der Waals surface area (Å²) in [6.45, 7) is 0. The summed E-state index contributed by atoms with van der Waals surface area (Å²) in [6, 6.07) is 5.60. The SMILES string of the molecule is [B]c1ccc2c(Cl)c[nH]c2c1. The Morgan fingerprint density at radius 2 is 2.18 bits per heavy atom. The molecule has 2 aromatic rings. The van der Waals surface area contributed by atoms with Crippen LogP contribution in [-0.2, 0) is 0 Å². The smallest absolute Gasteiger partial charge is 0.113 e. The lowest BCUT2D eigenvalue weighted by Crippen LogP contribution is -1.98. The molecule has 0 aliphatic rings. The van der Waals surface area contributed by atoms with Crippen molar-refractivity contribution < 1.29 is 0 Å². The van der Waals surface area contributed by atoms with Gasteiger partial charge in [-0.1, -0.05) is 29.2 Å². The van der Waals surface area contributed by atoms with Gasteiger partial charge in [-0.25, -0.2) is 0 Å². The number of hydrogen-bond donors (Lipinski definition) is 1. The summed E-state index contributed by atoms with van der Waals surface area (Å²) in [4.78, 5) is 3.02. The van der Waals surface area contributed by atoms with E-state index in [-0.39, 0.29) is 0 Å². The highest BCUT2D eigenvalue weighted by atomic mass is 35.5. The van der Waals surface area contributed by atoms with Crippen LogP contribution in [0.3, 0.4) is 0 Å². The topological polar surface area (TPSA) is 15.8 Å². The van der Waals surface area contributed by atoms with Gasteiger partial charge in [-0.15, -0.1) is 0 Å². The first-order chi connectivity index (χ1) is 5.27. The molecule has 0 spiro atoms. The van der Waals surface area contributed by atoms with E-state index in [2.05, 4.69) is 4.98 Å². The fraction of sp³-hybridized carbons (Fsp3) is 0. The summed E-state index contributed by atoms with van der Waals surface area (Å²) in [5.41, 5.74) is 1.73. The number of rotatable bonds is 0. The minimum Gasteiger partial charge on any atom is -0.360 e. The second-order valence-electron chi connectivity index (χ2n) is 2.44. The molecule has 0 saturated carbocycles. The van der Waals surface area contributed by atoms with Crippen molar-refractivity contribution in [3.8, 4) is 0 Å². The van der Waals surface area contributed by atoms with E-state index in [0.29, 0.717) is 0 Å². The normalized spacial score (nSPS) is 10.6. The first-order valence-electron chi connectivity index (χ1n) is 3.29. The zero-order valence-electron chi connectivity index (χ0n) is 5.76. The van der Waals surface area contributed by atoms with Gasteiger partial charge >= 0.3 is 0 Å². The molecule has 1 N–H and O–H groups in total. The van der Waals surface area contributed by atoms with Crippen LogP contribution < -0.4 is 5.46 Å². The van der Waals surface area contributed by atoms with Gasteiger partial charge in [0.2, 0.25) is 0 Å². The van der Waals surface area contributed by atoms with Crippen molar-refractivity contribution in [2.75, 3.05) is 0 Å². The molecule has 0 fully saturated rings. The molecule has 11 heavy (non-hydrogen) atoms. The number of hydrogen-bond acceptors (Lipinski definition) is 0. The maximum atomic E-state index is 5.85. The predicted molar refractivity (Wildman–Crippen MR) is 48.7 cm³/mol.